The van der Waals surface area contributed by atoms with Crippen LogP contribution in [0.4, 0.5) is 13.2 Å². The molecule has 2 amide bonds. The van der Waals surface area contributed by atoms with Crippen LogP contribution in [0.3, 0.4) is 0 Å². The highest BCUT2D eigenvalue weighted by atomic mass is 19.4. The van der Waals surface area contributed by atoms with E-state index in [4.69, 9.17) is 4.42 Å². The number of hydrazine groups is 1. The number of hydrogen-bond acceptors (Lipinski definition) is 5. The Bertz CT molecular complexity index is 1120. The Morgan fingerprint density at radius 1 is 1.07 bits per heavy atom. The molecule has 11 heteroatoms. The molecule has 0 spiro atoms. The van der Waals surface area contributed by atoms with Crippen molar-refractivity contribution in [1.82, 2.24) is 20.6 Å². The SMILES string of the molecule is Cc1cc(=O)c(C(=O)NNC(=O)c2ccco2)nn1-c1cccc(C(F)(F)F)c1. The number of hydrogen-bond donors (Lipinski definition) is 2. The molecule has 0 atom stereocenters. The van der Waals surface area contributed by atoms with E-state index < -0.39 is 34.7 Å². The van der Waals surface area contributed by atoms with Gasteiger partial charge in [0.1, 0.15) is 0 Å². The largest absolute Gasteiger partial charge is 0.459 e. The number of nitrogens with zero attached hydrogens (tertiary/aromatic N) is 2. The first-order valence-electron chi connectivity index (χ1n) is 8.09. The van der Waals surface area contributed by atoms with Crippen LogP contribution in [0.25, 0.3) is 5.69 Å². The van der Waals surface area contributed by atoms with Crippen LogP contribution in [0.15, 0.2) is 57.9 Å². The first kappa shape index (κ1) is 19.9. The number of carbonyl (C=O) groups is 2. The van der Waals surface area contributed by atoms with Crippen molar-refractivity contribution in [3.05, 3.63) is 81.7 Å². The molecule has 8 nitrogen and oxygen atoms in total. The molecule has 1 aromatic carbocycles. The van der Waals surface area contributed by atoms with Crippen LogP contribution in [-0.2, 0) is 6.18 Å². The fraction of sp³-hybridized carbons (Fsp3) is 0.111. The second kappa shape index (κ2) is 7.62. The van der Waals surface area contributed by atoms with Crippen molar-refractivity contribution >= 4 is 11.8 Å². The van der Waals surface area contributed by atoms with Crippen molar-refractivity contribution in [2.45, 2.75) is 13.1 Å². The minimum atomic E-state index is -4.57. The summed E-state index contributed by atoms with van der Waals surface area (Å²) in [6.07, 6.45) is -3.31. The van der Waals surface area contributed by atoms with Gasteiger partial charge in [0.15, 0.2) is 11.5 Å². The first-order valence-corrected chi connectivity index (χ1v) is 8.09. The highest BCUT2D eigenvalue weighted by Gasteiger charge is 2.30. The summed E-state index contributed by atoms with van der Waals surface area (Å²) >= 11 is 0. The fourth-order valence-corrected chi connectivity index (χ4v) is 2.42. The van der Waals surface area contributed by atoms with Crippen LogP contribution < -0.4 is 16.3 Å². The first-order chi connectivity index (χ1) is 13.7. The number of rotatable bonds is 3. The van der Waals surface area contributed by atoms with Gasteiger partial charge in [-0.15, -0.1) is 0 Å². The van der Waals surface area contributed by atoms with E-state index >= 15 is 0 Å². The van der Waals surface area contributed by atoms with Gasteiger partial charge in [-0.3, -0.25) is 25.2 Å². The van der Waals surface area contributed by atoms with E-state index in [-0.39, 0.29) is 17.1 Å². The number of alkyl halides is 3. The summed E-state index contributed by atoms with van der Waals surface area (Å²) in [5.74, 6) is -1.90. The van der Waals surface area contributed by atoms with Crippen LogP contribution >= 0.6 is 0 Å². The fourth-order valence-electron chi connectivity index (χ4n) is 2.42. The summed E-state index contributed by atoms with van der Waals surface area (Å²) < 4.78 is 44.7. The van der Waals surface area contributed by atoms with Gasteiger partial charge in [0.25, 0.3) is 5.91 Å². The summed E-state index contributed by atoms with van der Waals surface area (Å²) in [7, 11) is 0. The van der Waals surface area contributed by atoms with Gasteiger partial charge < -0.3 is 4.42 Å². The number of carbonyl (C=O) groups excluding carboxylic acids is 2. The molecule has 2 aromatic heterocycles. The third-order valence-electron chi connectivity index (χ3n) is 3.78. The second-order valence-electron chi connectivity index (χ2n) is 5.84. The number of benzene rings is 1. The summed E-state index contributed by atoms with van der Waals surface area (Å²) in [5, 5.41) is 3.86. The van der Waals surface area contributed by atoms with E-state index in [0.29, 0.717) is 0 Å². The van der Waals surface area contributed by atoms with Gasteiger partial charge in [-0.1, -0.05) is 6.07 Å². The standard InChI is InChI=1S/C18H13F3N4O4/c1-10-8-13(26)15(17(28)23-22-16(27)14-6-3-7-29-14)24-25(10)12-5-2-4-11(9-12)18(19,20)21/h2-9H,1H3,(H,22,27)(H,23,28). The zero-order chi connectivity index (χ0) is 21.2. The van der Waals surface area contributed by atoms with Crippen LogP contribution in [0.2, 0.25) is 0 Å². The average Bonchev–Trinajstić information content (AvgIpc) is 3.20. The number of nitrogens with one attached hydrogen (secondary N) is 2. The summed E-state index contributed by atoms with van der Waals surface area (Å²) in [6.45, 7) is 1.45. The molecule has 3 rings (SSSR count). The molecule has 0 saturated carbocycles. The Morgan fingerprint density at radius 2 is 1.79 bits per heavy atom. The predicted octanol–water partition coefficient (Wildman–Crippen LogP) is 2.23. The molecule has 29 heavy (non-hydrogen) atoms. The van der Waals surface area contributed by atoms with Crippen LogP contribution in [0, 0.1) is 6.92 Å². The van der Waals surface area contributed by atoms with Crippen molar-refractivity contribution < 1.29 is 27.2 Å². The zero-order valence-corrected chi connectivity index (χ0v) is 14.8. The van der Waals surface area contributed by atoms with E-state index in [2.05, 4.69) is 5.10 Å². The normalized spacial score (nSPS) is 11.2. The molecular formula is C18H13F3N4O4. The molecule has 3 aromatic rings. The molecule has 0 saturated heterocycles. The smallest absolute Gasteiger partial charge is 0.416 e. The molecule has 150 valence electrons. The molecular weight excluding hydrogens is 393 g/mol. The number of furan rings is 1. The summed E-state index contributed by atoms with van der Waals surface area (Å²) in [5.41, 5.74) is 1.97. The van der Waals surface area contributed by atoms with Crippen molar-refractivity contribution in [3.63, 3.8) is 0 Å². The lowest BCUT2D eigenvalue weighted by atomic mass is 10.2. The monoisotopic (exact) mass is 406 g/mol. The Labute approximate surface area is 160 Å². The van der Waals surface area contributed by atoms with E-state index in [1.165, 1.54) is 37.5 Å². The van der Waals surface area contributed by atoms with E-state index in [9.17, 15) is 27.6 Å². The van der Waals surface area contributed by atoms with Gasteiger partial charge in [0.2, 0.25) is 5.43 Å². The highest BCUT2D eigenvalue weighted by Crippen LogP contribution is 2.30. The lowest BCUT2D eigenvalue weighted by Crippen LogP contribution is -2.44. The van der Waals surface area contributed by atoms with Crippen molar-refractivity contribution in [2.24, 2.45) is 0 Å². The number of aromatic nitrogens is 2. The third-order valence-corrected chi connectivity index (χ3v) is 3.78. The molecule has 0 aliphatic carbocycles. The molecule has 0 unspecified atom stereocenters. The van der Waals surface area contributed by atoms with Crippen molar-refractivity contribution in [3.8, 4) is 5.69 Å². The number of halogens is 3. The summed E-state index contributed by atoms with van der Waals surface area (Å²) in [4.78, 5) is 36.1. The maximum atomic E-state index is 13.0. The van der Waals surface area contributed by atoms with E-state index in [0.717, 1.165) is 22.9 Å². The third kappa shape index (κ3) is 4.34. The van der Waals surface area contributed by atoms with Gasteiger partial charge >= 0.3 is 12.1 Å². The minimum Gasteiger partial charge on any atom is -0.459 e. The lowest BCUT2D eigenvalue weighted by molar-refractivity contribution is -0.137. The number of amides is 2. The average molecular weight is 406 g/mol. The maximum Gasteiger partial charge on any atom is 0.416 e. The molecule has 0 fully saturated rings. The quantitative estimate of drug-likeness (QED) is 0.649. The molecule has 2 heterocycles. The molecule has 2 N–H and O–H groups in total. The minimum absolute atomic E-state index is 0.00555. The maximum absolute atomic E-state index is 13.0. The Kier molecular flexibility index (Phi) is 5.22. The van der Waals surface area contributed by atoms with Gasteiger partial charge in [-0.05, 0) is 37.3 Å². The van der Waals surface area contributed by atoms with Crippen molar-refractivity contribution in [1.29, 1.82) is 0 Å². The van der Waals surface area contributed by atoms with Gasteiger partial charge in [0.05, 0.1) is 17.5 Å². The zero-order valence-electron chi connectivity index (χ0n) is 14.8. The Hall–Kier alpha value is -3.89. The van der Waals surface area contributed by atoms with Gasteiger partial charge in [0, 0.05) is 11.8 Å². The van der Waals surface area contributed by atoms with Gasteiger partial charge in [-0.25, -0.2) is 4.68 Å². The van der Waals surface area contributed by atoms with Crippen LogP contribution in [-0.4, -0.2) is 21.6 Å². The number of aryl methyl sites for hydroxylation is 1. The molecule has 0 bridgehead atoms. The van der Waals surface area contributed by atoms with E-state index in [1.54, 1.807) is 0 Å². The van der Waals surface area contributed by atoms with Gasteiger partial charge in [-0.2, -0.15) is 18.3 Å². The van der Waals surface area contributed by atoms with Crippen LogP contribution in [0.1, 0.15) is 32.3 Å². The Balaban J connectivity index is 1.89. The summed E-state index contributed by atoms with van der Waals surface area (Å²) in [6, 6.07) is 8.12. The Morgan fingerprint density at radius 3 is 2.45 bits per heavy atom. The second-order valence-corrected chi connectivity index (χ2v) is 5.84. The van der Waals surface area contributed by atoms with E-state index in [1.807, 2.05) is 10.9 Å². The topological polar surface area (TPSA) is 106 Å². The molecule has 0 aliphatic rings. The molecule has 0 radical (unpaired) electrons. The molecule has 0 aliphatic heterocycles. The highest BCUT2D eigenvalue weighted by molar-refractivity contribution is 5.96. The van der Waals surface area contributed by atoms with Crippen molar-refractivity contribution in [2.75, 3.05) is 0 Å². The lowest BCUT2D eigenvalue weighted by Gasteiger charge is -2.13. The van der Waals surface area contributed by atoms with Crippen LogP contribution in [0.5, 0.6) is 0 Å². The predicted molar refractivity (Wildman–Crippen MR) is 93.2 cm³/mol.